The molecule has 1 aliphatic rings. The molecule has 0 amide bonds. The topological polar surface area (TPSA) is 38.3 Å². The number of carbonyl (C=O) groups excluding carboxylic acids is 1. The zero-order valence-electron chi connectivity index (χ0n) is 11.7. The number of fused-ring (bicyclic) bond motifs is 1. The Bertz CT molecular complexity index is 461. The summed E-state index contributed by atoms with van der Waals surface area (Å²) in [4.78, 5) is 13.7. The van der Waals surface area contributed by atoms with Crippen molar-refractivity contribution in [2.75, 3.05) is 12.4 Å². The average molecular weight is 279 g/mol. The molecule has 3 nitrogen and oxygen atoms in total. The van der Waals surface area contributed by atoms with Gasteiger partial charge in [0.1, 0.15) is 5.54 Å². The Hall–Kier alpha value is -1.00. The smallest absolute Gasteiger partial charge is 0.331 e. The van der Waals surface area contributed by atoms with Gasteiger partial charge in [-0.2, -0.15) is 0 Å². The molecule has 0 spiro atoms. The maximum Gasteiger partial charge on any atom is 0.331 e. The van der Waals surface area contributed by atoms with E-state index in [0.717, 1.165) is 17.7 Å². The normalized spacial score (nSPS) is 22.1. The van der Waals surface area contributed by atoms with Crippen LogP contribution in [0.5, 0.6) is 0 Å². The molecule has 2 rings (SSSR count). The van der Waals surface area contributed by atoms with Crippen molar-refractivity contribution in [3.63, 3.8) is 0 Å². The first kappa shape index (κ1) is 14.4. The molecule has 0 aromatic heterocycles. The molecule has 1 heterocycles. The molecule has 1 atom stereocenters. The Labute approximate surface area is 119 Å². The van der Waals surface area contributed by atoms with E-state index in [1.807, 2.05) is 25.1 Å². The first-order chi connectivity index (χ1) is 9.10. The van der Waals surface area contributed by atoms with Gasteiger partial charge in [0.15, 0.2) is 0 Å². The molecule has 0 fully saturated rings. The minimum Gasteiger partial charge on any atom is -0.464 e. The summed E-state index contributed by atoms with van der Waals surface area (Å²) in [6, 6.07) is 8.34. The molecule has 1 aromatic rings. The third kappa shape index (κ3) is 2.79. The first-order valence-electron chi connectivity index (χ1n) is 6.77. The van der Waals surface area contributed by atoms with Gasteiger partial charge < -0.3 is 4.74 Å². The number of hydrogen-bond acceptors (Lipinski definition) is 4. The van der Waals surface area contributed by atoms with Crippen LogP contribution in [0.15, 0.2) is 29.2 Å². The Morgan fingerprint density at radius 3 is 2.89 bits per heavy atom. The highest BCUT2D eigenvalue weighted by molar-refractivity contribution is 7.99. The van der Waals surface area contributed by atoms with E-state index < -0.39 is 5.54 Å². The summed E-state index contributed by atoms with van der Waals surface area (Å²) in [5.74, 6) is 0.770. The molecule has 1 unspecified atom stereocenters. The number of rotatable bonds is 4. The minimum absolute atomic E-state index is 0.156. The van der Waals surface area contributed by atoms with Gasteiger partial charge in [-0.3, -0.25) is 5.32 Å². The monoisotopic (exact) mass is 279 g/mol. The zero-order chi connectivity index (χ0) is 13.9. The van der Waals surface area contributed by atoms with Crippen LogP contribution in [0.1, 0.15) is 32.8 Å². The summed E-state index contributed by atoms with van der Waals surface area (Å²) < 4.78 is 5.33. The van der Waals surface area contributed by atoms with Gasteiger partial charge in [0.05, 0.1) is 6.61 Å². The van der Waals surface area contributed by atoms with E-state index in [2.05, 4.69) is 25.2 Å². The van der Waals surface area contributed by atoms with Gasteiger partial charge in [0.25, 0.3) is 0 Å². The van der Waals surface area contributed by atoms with E-state index in [-0.39, 0.29) is 12.0 Å². The Morgan fingerprint density at radius 2 is 2.21 bits per heavy atom. The van der Waals surface area contributed by atoms with Gasteiger partial charge in [0.2, 0.25) is 0 Å². The molecule has 1 N–H and O–H groups in total. The van der Waals surface area contributed by atoms with Gasteiger partial charge >= 0.3 is 5.97 Å². The van der Waals surface area contributed by atoms with Crippen molar-refractivity contribution in [3.8, 4) is 0 Å². The molecule has 4 heteroatoms. The van der Waals surface area contributed by atoms with Crippen molar-refractivity contribution < 1.29 is 9.53 Å². The first-order valence-corrected chi connectivity index (χ1v) is 7.76. The van der Waals surface area contributed by atoms with Crippen molar-refractivity contribution in [2.24, 2.45) is 0 Å². The highest BCUT2D eigenvalue weighted by Gasteiger charge is 2.45. The molecule has 19 heavy (non-hydrogen) atoms. The number of carbonyl (C=O) groups is 1. The quantitative estimate of drug-likeness (QED) is 0.860. The van der Waals surface area contributed by atoms with Crippen LogP contribution in [0.25, 0.3) is 0 Å². The van der Waals surface area contributed by atoms with Crippen LogP contribution in [-0.2, 0) is 15.1 Å². The summed E-state index contributed by atoms with van der Waals surface area (Å²) in [6.07, 6.45) is 0.770. The lowest BCUT2D eigenvalue weighted by atomic mass is 9.85. The summed E-state index contributed by atoms with van der Waals surface area (Å²) in [5.41, 5.74) is 0.366. The Morgan fingerprint density at radius 1 is 1.47 bits per heavy atom. The van der Waals surface area contributed by atoms with Crippen LogP contribution in [0.2, 0.25) is 0 Å². The molecule has 0 saturated carbocycles. The van der Waals surface area contributed by atoms with Crippen molar-refractivity contribution in [3.05, 3.63) is 29.8 Å². The van der Waals surface area contributed by atoms with Gasteiger partial charge in [-0.1, -0.05) is 18.2 Å². The van der Waals surface area contributed by atoms with E-state index in [9.17, 15) is 4.79 Å². The minimum atomic E-state index is -0.688. The number of ether oxygens (including phenoxy) is 1. The molecular weight excluding hydrogens is 258 g/mol. The summed E-state index contributed by atoms with van der Waals surface area (Å²) in [6.45, 7) is 6.39. The highest BCUT2D eigenvalue weighted by atomic mass is 32.2. The molecule has 0 bridgehead atoms. The average Bonchev–Trinajstić information content (AvgIpc) is 2.38. The standard InChI is InChI=1S/C15H21NO2S/c1-4-18-14(17)15(16-11(2)3)9-10-19-13-8-6-5-7-12(13)15/h5-8,11,16H,4,9-10H2,1-3H3. The fourth-order valence-corrected chi connectivity index (χ4v) is 3.76. The van der Waals surface area contributed by atoms with E-state index in [1.165, 1.54) is 4.90 Å². The van der Waals surface area contributed by atoms with Crippen LogP contribution < -0.4 is 5.32 Å². The molecule has 1 aliphatic heterocycles. The van der Waals surface area contributed by atoms with E-state index >= 15 is 0 Å². The van der Waals surface area contributed by atoms with Crippen LogP contribution >= 0.6 is 11.8 Å². The van der Waals surface area contributed by atoms with Crippen molar-refractivity contribution >= 4 is 17.7 Å². The predicted molar refractivity (Wildman–Crippen MR) is 78.4 cm³/mol. The zero-order valence-corrected chi connectivity index (χ0v) is 12.5. The third-order valence-corrected chi connectivity index (χ3v) is 4.32. The number of thioether (sulfide) groups is 1. The lowest BCUT2D eigenvalue weighted by molar-refractivity contribution is -0.152. The van der Waals surface area contributed by atoms with Gasteiger partial charge in [-0.05, 0) is 38.8 Å². The molecule has 104 valence electrons. The molecule has 0 radical (unpaired) electrons. The Balaban J connectivity index is 2.47. The van der Waals surface area contributed by atoms with Crippen molar-refractivity contribution in [2.45, 2.75) is 43.7 Å². The lowest BCUT2D eigenvalue weighted by Gasteiger charge is -2.38. The van der Waals surface area contributed by atoms with E-state index in [4.69, 9.17) is 4.74 Å². The fourth-order valence-electron chi connectivity index (χ4n) is 2.56. The fraction of sp³-hybridized carbons (Fsp3) is 0.533. The van der Waals surface area contributed by atoms with Crippen LogP contribution in [0.3, 0.4) is 0 Å². The summed E-state index contributed by atoms with van der Waals surface area (Å²) in [5, 5.41) is 3.45. The van der Waals surface area contributed by atoms with Crippen molar-refractivity contribution in [1.82, 2.24) is 5.32 Å². The molecule has 0 aliphatic carbocycles. The second-order valence-corrected chi connectivity index (χ2v) is 6.16. The number of benzene rings is 1. The number of hydrogen-bond donors (Lipinski definition) is 1. The van der Waals surface area contributed by atoms with Crippen LogP contribution in [0.4, 0.5) is 0 Å². The summed E-state index contributed by atoms with van der Waals surface area (Å²) in [7, 11) is 0. The highest BCUT2D eigenvalue weighted by Crippen LogP contribution is 2.41. The van der Waals surface area contributed by atoms with Crippen LogP contribution in [0, 0.1) is 0 Å². The van der Waals surface area contributed by atoms with Gasteiger partial charge in [0, 0.05) is 16.7 Å². The van der Waals surface area contributed by atoms with Gasteiger partial charge in [-0.15, -0.1) is 11.8 Å². The second-order valence-electron chi connectivity index (χ2n) is 5.02. The Kier molecular flexibility index (Phi) is 4.53. The lowest BCUT2D eigenvalue weighted by Crippen LogP contribution is -2.54. The summed E-state index contributed by atoms with van der Waals surface area (Å²) >= 11 is 1.81. The predicted octanol–water partition coefficient (Wildman–Crippen LogP) is 2.94. The maximum atomic E-state index is 12.5. The molecule has 0 saturated heterocycles. The van der Waals surface area contributed by atoms with E-state index in [1.54, 1.807) is 11.8 Å². The third-order valence-electron chi connectivity index (χ3n) is 3.24. The molecule has 1 aromatic carbocycles. The maximum absolute atomic E-state index is 12.5. The largest absolute Gasteiger partial charge is 0.464 e. The van der Waals surface area contributed by atoms with Gasteiger partial charge in [-0.25, -0.2) is 4.79 Å². The molecular formula is C15H21NO2S. The van der Waals surface area contributed by atoms with Crippen LogP contribution in [-0.4, -0.2) is 24.4 Å². The number of nitrogens with one attached hydrogen (secondary N) is 1. The number of esters is 1. The van der Waals surface area contributed by atoms with Crippen molar-refractivity contribution in [1.29, 1.82) is 0 Å². The van der Waals surface area contributed by atoms with E-state index in [0.29, 0.717) is 6.61 Å². The second kappa shape index (κ2) is 5.97. The SMILES string of the molecule is CCOC(=O)C1(NC(C)C)CCSc2ccccc21.